The topological polar surface area (TPSA) is 54.4 Å². The van der Waals surface area contributed by atoms with Crippen LogP contribution in [0.2, 0.25) is 5.15 Å². The molecule has 5 aliphatic rings. The smallest absolute Gasteiger partial charge is 0.319 e. The fraction of sp³-hybridized carbons (Fsp3) is 0.731. The molecule has 35 heavy (non-hydrogen) atoms. The van der Waals surface area contributed by atoms with E-state index in [1.807, 2.05) is 0 Å². The molecule has 4 fully saturated rings. The van der Waals surface area contributed by atoms with E-state index in [1.165, 1.54) is 19.3 Å². The lowest BCUT2D eigenvalue weighted by molar-refractivity contribution is 0.107. The van der Waals surface area contributed by atoms with Gasteiger partial charge in [0.1, 0.15) is 24.1 Å². The van der Waals surface area contributed by atoms with Crippen molar-refractivity contribution in [3.05, 3.63) is 16.7 Å². The minimum atomic E-state index is -0.832. The number of fused-ring (bicyclic) bond motifs is 6. The van der Waals surface area contributed by atoms with E-state index in [0.29, 0.717) is 48.8 Å². The van der Waals surface area contributed by atoms with Gasteiger partial charge >= 0.3 is 6.01 Å². The van der Waals surface area contributed by atoms with E-state index in [4.69, 9.17) is 21.3 Å². The molecular weight excluding hydrogens is 472 g/mol. The first-order chi connectivity index (χ1) is 17.0. The second-order valence-corrected chi connectivity index (χ2v) is 11.9. The molecule has 0 radical (unpaired) electrons. The molecule has 4 aliphatic heterocycles. The van der Waals surface area contributed by atoms with Gasteiger partial charge in [0, 0.05) is 25.6 Å². The van der Waals surface area contributed by atoms with Crippen molar-refractivity contribution in [2.45, 2.75) is 76.0 Å². The Morgan fingerprint density at radius 2 is 2.09 bits per heavy atom. The Labute approximate surface area is 209 Å². The molecule has 0 unspecified atom stereocenters. The van der Waals surface area contributed by atoms with Crippen LogP contribution in [0.3, 0.4) is 0 Å². The van der Waals surface area contributed by atoms with Crippen molar-refractivity contribution in [3.8, 4) is 6.01 Å². The summed E-state index contributed by atoms with van der Waals surface area (Å²) in [6.45, 7) is 4.83. The van der Waals surface area contributed by atoms with Gasteiger partial charge in [-0.3, -0.25) is 4.90 Å². The molecule has 6 atom stereocenters. The van der Waals surface area contributed by atoms with Crippen molar-refractivity contribution >= 4 is 28.3 Å². The number of halogens is 3. The molecule has 0 aromatic carbocycles. The van der Waals surface area contributed by atoms with Gasteiger partial charge in [0.15, 0.2) is 11.0 Å². The summed E-state index contributed by atoms with van der Waals surface area (Å²) in [4.78, 5) is 18.6. The van der Waals surface area contributed by atoms with Gasteiger partial charge in [0.05, 0.1) is 16.6 Å². The molecule has 0 spiro atoms. The van der Waals surface area contributed by atoms with Crippen LogP contribution >= 0.6 is 11.6 Å². The van der Waals surface area contributed by atoms with Crippen LogP contribution in [0.25, 0.3) is 10.9 Å². The van der Waals surface area contributed by atoms with E-state index in [2.05, 4.69) is 26.7 Å². The number of rotatable bonds is 4. The highest BCUT2D eigenvalue weighted by Gasteiger charge is 2.50. The number of ether oxygens (including phenoxy) is 1. The summed E-state index contributed by atoms with van der Waals surface area (Å²) in [6.07, 6.45) is 7.09. The maximum absolute atomic E-state index is 15.4. The number of alkyl halides is 1. The van der Waals surface area contributed by atoms with E-state index in [-0.39, 0.29) is 22.2 Å². The number of hydrogen-bond acceptors (Lipinski definition) is 6. The minimum Gasteiger partial charge on any atom is -0.461 e. The van der Waals surface area contributed by atoms with Crippen LogP contribution < -0.4 is 9.64 Å². The molecule has 3 saturated heterocycles. The van der Waals surface area contributed by atoms with Crippen molar-refractivity contribution < 1.29 is 13.5 Å². The summed E-state index contributed by atoms with van der Waals surface area (Å²) in [5, 5.41) is 0.544. The van der Waals surface area contributed by atoms with E-state index in [1.54, 1.807) is 0 Å². The SMILES string of the molecule is CC[C@@H]1Cc2nc(Cl)c(F)c3nc(OC[C@@]45CCCN4C[C@H](F)C5)nc(c23)N2C[C@H]3CC[C@H](C3)[C@H]12. The van der Waals surface area contributed by atoms with Gasteiger partial charge in [0.25, 0.3) is 0 Å². The Morgan fingerprint density at radius 3 is 2.94 bits per heavy atom. The second kappa shape index (κ2) is 8.10. The summed E-state index contributed by atoms with van der Waals surface area (Å²) < 4.78 is 35.9. The molecule has 7 rings (SSSR count). The summed E-state index contributed by atoms with van der Waals surface area (Å²) in [7, 11) is 0. The molecule has 2 aromatic rings. The van der Waals surface area contributed by atoms with Gasteiger partial charge in [-0.05, 0) is 62.8 Å². The van der Waals surface area contributed by atoms with Gasteiger partial charge in [-0.2, -0.15) is 9.97 Å². The van der Waals surface area contributed by atoms with Crippen molar-refractivity contribution in [2.24, 2.45) is 17.8 Å². The number of anilines is 1. The van der Waals surface area contributed by atoms with Crippen LogP contribution in [0.4, 0.5) is 14.6 Å². The van der Waals surface area contributed by atoms with Crippen LogP contribution in [-0.4, -0.2) is 63.8 Å². The highest BCUT2D eigenvalue weighted by Crippen LogP contribution is 2.49. The summed E-state index contributed by atoms with van der Waals surface area (Å²) in [5.41, 5.74) is 0.677. The first-order valence-corrected chi connectivity index (χ1v) is 13.7. The Balaban J connectivity index is 1.33. The quantitative estimate of drug-likeness (QED) is 0.550. The number of pyridine rings is 1. The normalized spacial score (nSPS) is 35.9. The van der Waals surface area contributed by atoms with Crippen molar-refractivity contribution in [3.63, 3.8) is 0 Å². The zero-order chi connectivity index (χ0) is 23.9. The van der Waals surface area contributed by atoms with Crippen LogP contribution in [0.1, 0.15) is 57.6 Å². The minimum absolute atomic E-state index is 0.143. The molecular formula is C26H32ClF2N5O. The Hall–Kier alpha value is -1.80. The second-order valence-electron chi connectivity index (χ2n) is 11.5. The number of aromatic nitrogens is 3. The molecule has 188 valence electrons. The monoisotopic (exact) mass is 503 g/mol. The fourth-order valence-electron chi connectivity index (χ4n) is 8.11. The summed E-state index contributed by atoms with van der Waals surface area (Å²) in [6, 6.07) is 0.515. The van der Waals surface area contributed by atoms with Crippen molar-refractivity contribution in [2.75, 3.05) is 31.1 Å². The van der Waals surface area contributed by atoms with E-state index < -0.39 is 12.0 Å². The van der Waals surface area contributed by atoms with Crippen LogP contribution in [0.15, 0.2) is 0 Å². The molecule has 0 N–H and O–H groups in total. The first kappa shape index (κ1) is 22.4. The van der Waals surface area contributed by atoms with Gasteiger partial charge in [-0.25, -0.2) is 13.8 Å². The predicted molar refractivity (Wildman–Crippen MR) is 130 cm³/mol. The molecule has 1 aliphatic carbocycles. The van der Waals surface area contributed by atoms with Crippen LogP contribution in [0, 0.1) is 23.6 Å². The maximum Gasteiger partial charge on any atom is 0.319 e. The Kier molecular flexibility index (Phi) is 5.19. The number of hydrogen-bond donors (Lipinski definition) is 0. The third-order valence-corrected chi connectivity index (χ3v) is 9.88. The van der Waals surface area contributed by atoms with Crippen LogP contribution in [0.5, 0.6) is 6.01 Å². The lowest BCUT2D eigenvalue weighted by atomic mass is 9.80. The number of piperidine rings is 1. The predicted octanol–water partition coefficient (Wildman–Crippen LogP) is 4.96. The third-order valence-electron chi connectivity index (χ3n) is 9.63. The van der Waals surface area contributed by atoms with Gasteiger partial charge < -0.3 is 9.64 Å². The summed E-state index contributed by atoms with van der Waals surface area (Å²) >= 11 is 6.28. The molecule has 6 heterocycles. The van der Waals surface area contributed by atoms with Crippen LogP contribution in [-0.2, 0) is 6.42 Å². The largest absolute Gasteiger partial charge is 0.461 e. The summed E-state index contributed by atoms with van der Waals surface area (Å²) in [5.74, 6) is 1.79. The highest BCUT2D eigenvalue weighted by atomic mass is 35.5. The zero-order valence-corrected chi connectivity index (χ0v) is 20.9. The van der Waals surface area contributed by atoms with E-state index in [0.717, 1.165) is 50.3 Å². The van der Waals surface area contributed by atoms with Crippen molar-refractivity contribution in [1.82, 2.24) is 19.9 Å². The molecule has 1 saturated carbocycles. The third kappa shape index (κ3) is 3.38. The number of nitrogens with zero attached hydrogens (tertiary/aromatic N) is 5. The highest BCUT2D eigenvalue weighted by molar-refractivity contribution is 6.30. The lowest BCUT2D eigenvalue weighted by Crippen LogP contribution is -2.50. The Morgan fingerprint density at radius 1 is 1.20 bits per heavy atom. The molecule has 2 aromatic heterocycles. The standard InChI is InChI=1S/C26H32ClF2N5O/c1-2-15-9-18-19-21(20(29)23(27)30-18)31-25(35-13-26-6-3-7-33(26)12-17(28)10-26)32-24(19)34-11-14-4-5-16(8-14)22(15)34/h14-17,22H,2-13H2,1H3/t14-,15+,16+,17+,22-,26-/m0/s1. The average Bonchev–Trinajstić information content (AvgIpc) is 3.47. The Bertz CT molecular complexity index is 1180. The van der Waals surface area contributed by atoms with Crippen molar-refractivity contribution in [1.29, 1.82) is 0 Å². The average molecular weight is 504 g/mol. The zero-order valence-electron chi connectivity index (χ0n) is 20.2. The fourth-order valence-corrected chi connectivity index (χ4v) is 8.30. The maximum atomic E-state index is 15.4. The van der Waals surface area contributed by atoms with Gasteiger partial charge in [0.2, 0.25) is 0 Å². The molecule has 0 amide bonds. The van der Waals surface area contributed by atoms with E-state index >= 15 is 4.39 Å². The molecule has 6 nitrogen and oxygen atoms in total. The first-order valence-electron chi connectivity index (χ1n) is 13.3. The van der Waals surface area contributed by atoms with Gasteiger partial charge in [-0.1, -0.05) is 24.9 Å². The van der Waals surface area contributed by atoms with E-state index in [9.17, 15) is 4.39 Å². The van der Waals surface area contributed by atoms with Gasteiger partial charge in [-0.15, -0.1) is 0 Å². The molecule has 9 heteroatoms. The molecule has 2 bridgehead atoms. The lowest BCUT2D eigenvalue weighted by Gasteiger charge is -2.44.